The summed E-state index contributed by atoms with van der Waals surface area (Å²) in [6.45, 7) is 8.23. The molecule has 0 spiro atoms. The van der Waals surface area contributed by atoms with Gasteiger partial charge in [-0.2, -0.15) is 0 Å². The molecule has 0 fully saturated rings. The van der Waals surface area contributed by atoms with Gasteiger partial charge < -0.3 is 5.32 Å². The number of hydrogen-bond acceptors (Lipinski definition) is 4. The van der Waals surface area contributed by atoms with Crippen LogP contribution in [0.1, 0.15) is 25.0 Å². The standard InChI is InChI=1S/C21H23N3O2S/c1-5-24-20(26)16-8-6-7-9-18(16)23-21(24)27-15(4)19(25)22-17-11-10-13(2)12-14(17)3/h6-12,15H,5H2,1-4H3,(H,22,25). The van der Waals surface area contributed by atoms with E-state index in [0.717, 1.165) is 16.8 Å². The number of aryl methyl sites for hydroxylation is 2. The largest absolute Gasteiger partial charge is 0.325 e. The maximum atomic E-state index is 12.7. The minimum Gasteiger partial charge on any atom is -0.325 e. The summed E-state index contributed by atoms with van der Waals surface area (Å²) in [5, 5.41) is 3.73. The predicted octanol–water partition coefficient (Wildman–Crippen LogP) is 4.15. The third-order valence-electron chi connectivity index (χ3n) is 4.43. The molecule has 0 bridgehead atoms. The first-order valence-electron chi connectivity index (χ1n) is 8.95. The van der Waals surface area contributed by atoms with E-state index in [-0.39, 0.29) is 11.5 Å². The van der Waals surface area contributed by atoms with Crippen LogP contribution in [0.5, 0.6) is 0 Å². The van der Waals surface area contributed by atoms with Crippen molar-refractivity contribution in [3.63, 3.8) is 0 Å². The Labute approximate surface area is 162 Å². The lowest BCUT2D eigenvalue weighted by atomic mass is 10.1. The molecule has 1 atom stereocenters. The van der Waals surface area contributed by atoms with Crippen molar-refractivity contribution in [2.24, 2.45) is 0 Å². The number of aromatic nitrogens is 2. The minimum absolute atomic E-state index is 0.0763. The number of amides is 1. The molecule has 1 aromatic heterocycles. The third-order valence-corrected chi connectivity index (χ3v) is 5.52. The molecular weight excluding hydrogens is 358 g/mol. The summed E-state index contributed by atoms with van der Waals surface area (Å²) in [5.41, 5.74) is 3.55. The summed E-state index contributed by atoms with van der Waals surface area (Å²) in [5.74, 6) is -0.114. The van der Waals surface area contributed by atoms with Crippen LogP contribution in [0, 0.1) is 13.8 Å². The second-order valence-corrected chi connectivity index (χ2v) is 7.84. The van der Waals surface area contributed by atoms with E-state index in [2.05, 4.69) is 10.3 Å². The Kier molecular flexibility index (Phi) is 5.65. The Morgan fingerprint density at radius 1 is 1.22 bits per heavy atom. The van der Waals surface area contributed by atoms with Crippen molar-refractivity contribution in [3.8, 4) is 0 Å². The Morgan fingerprint density at radius 3 is 2.67 bits per heavy atom. The van der Waals surface area contributed by atoms with Crippen LogP contribution in [-0.2, 0) is 11.3 Å². The third kappa shape index (κ3) is 4.06. The van der Waals surface area contributed by atoms with Crippen molar-refractivity contribution in [3.05, 3.63) is 63.9 Å². The van der Waals surface area contributed by atoms with Crippen LogP contribution in [0.25, 0.3) is 10.9 Å². The SMILES string of the molecule is CCn1c(SC(C)C(=O)Nc2ccc(C)cc2C)nc2ccccc2c1=O. The van der Waals surface area contributed by atoms with Gasteiger partial charge in [0.05, 0.1) is 16.2 Å². The summed E-state index contributed by atoms with van der Waals surface area (Å²) in [6, 6.07) is 13.2. The number of thioether (sulfide) groups is 1. The van der Waals surface area contributed by atoms with Gasteiger partial charge in [-0.3, -0.25) is 14.2 Å². The van der Waals surface area contributed by atoms with E-state index in [0.29, 0.717) is 22.6 Å². The van der Waals surface area contributed by atoms with Crippen molar-refractivity contribution in [1.82, 2.24) is 9.55 Å². The summed E-state index contributed by atoms with van der Waals surface area (Å²) < 4.78 is 1.62. The topological polar surface area (TPSA) is 64.0 Å². The quantitative estimate of drug-likeness (QED) is 0.533. The van der Waals surface area contributed by atoms with Crippen molar-refractivity contribution < 1.29 is 4.79 Å². The molecule has 0 aliphatic rings. The Balaban J connectivity index is 1.85. The van der Waals surface area contributed by atoms with Gasteiger partial charge in [0.25, 0.3) is 5.56 Å². The number of nitrogens with zero attached hydrogens (tertiary/aromatic N) is 2. The molecule has 0 radical (unpaired) electrons. The molecule has 1 unspecified atom stereocenters. The normalized spacial score (nSPS) is 12.1. The van der Waals surface area contributed by atoms with Crippen LogP contribution in [0.15, 0.2) is 52.4 Å². The highest BCUT2D eigenvalue weighted by Gasteiger charge is 2.19. The number of anilines is 1. The number of nitrogens with one attached hydrogen (secondary N) is 1. The fourth-order valence-corrected chi connectivity index (χ4v) is 3.89. The predicted molar refractivity (Wildman–Crippen MR) is 112 cm³/mol. The lowest BCUT2D eigenvalue weighted by molar-refractivity contribution is -0.115. The van der Waals surface area contributed by atoms with Gasteiger partial charge in [0.1, 0.15) is 0 Å². The van der Waals surface area contributed by atoms with E-state index >= 15 is 0 Å². The zero-order valence-electron chi connectivity index (χ0n) is 15.9. The van der Waals surface area contributed by atoms with E-state index in [9.17, 15) is 9.59 Å². The Bertz CT molecular complexity index is 1060. The van der Waals surface area contributed by atoms with Gasteiger partial charge in [-0.25, -0.2) is 4.98 Å². The summed E-state index contributed by atoms with van der Waals surface area (Å²) in [6.07, 6.45) is 0. The van der Waals surface area contributed by atoms with Crippen molar-refractivity contribution in [1.29, 1.82) is 0 Å². The van der Waals surface area contributed by atoms with Crippen molar-refractivity contribution in [2.45, 2.75) is 44.6 Å². The molecule has 27 heavy (non-hydrogen) atoms. The first-order valence-corrected chi connectivity index (χ1v) is 9.83. The van der Waals surface area contributed by atoms with Crippen LogP contribution in [-0.4, -0.2) is 20.7 Å². The van der Waals surface area contributed by atoms with E-state index < -0.39 is 5.25 Å². The molecule has 2 aromatic carbocycles. The molecule has 6 heteroatoms. The van der Waals surface area contributed by atoms with Crippen LogP contribution >= 0.6 is 11.8 Å². The second-order valence-electron chi connectivity index (χ2n) is 6.53. The number of hydrogen-bond donors (Lipinski definition) is 1. The molecule has 1 amide bonds. The number of carbonyl (C=O) groups is 1. The fraction of sp³-hybridized carbons (Fsp3) is 0.286. The number of carbonyl (C=O) groups excluding carboxylic acids is 1. The Morgan fingerprint density at radius 2 is 1.96 bits per heavy atom. The number of fused-ring (bicyclic) bond motifs is 1. The van der Waals surface area contributed by atoms with Crippen LogP contribution in [0.4, 0.5) is 5.69 Å². The molecule has 140 valence electrons. The molecule has 1 heterocycles. The van der Waals surface area contributed by atoms with Crippen molar-refractivity contribution in [2.75, 3.05) is 5.32 Å². The van der Waals surface area contributed by atoms with Gasteiger partial charge in [0, 0.05) is 12.2 Å². The van der Waals surface area contributed by atoms with Gasteiger partial charge in [0.15, 0.2) is 5.16 Å². The first kappa shape index (κ1) is 19.2. The zero-order chi connectivity index (χ0) is 19.6. The molecule has 1 N–H and O–H groups in total. The van der Waals surface area contributed by atoms with Crippen molar-refractivity contribution >= 4 is 34.3 Å². The second kappa shape index (κ2) is 7.96. The monoisotopic (exact) mass is 381 g/mol. The maximum Gasteiger partial charge on any atom is 0.262 e. The van der Waals surface area contributed by atoms with E-state index in [4.69, 9.17) is 0 Å². The van der Waals surface area contributed by atoms with E-state index in [1.807, 2.05) is 64.1 Å². The van der Waals surface area contributed by atoms with Gasteiger partial charge in [-0.15, -0.1) is 0 Å². The van der Waals surface area contributed by atoms with Gasteiger partial charge in [-0.05, 0) is 51.5 Å². The fourth-order valence-electron chi connectivity index (χ4n) is 2.92. The smallest absolute Gasteiger partial charge is 0.262 e. The zero-order valence-corrected chi connectivity index (χ0v) is 16.8. The molecule has 3 aromatic rings. The molecule has 5 nitrogen and oxygen atoms in total. The molecule has 0 saturated carbocycles. The van der Waals surface area contributed by atoms with E-state index in [1.54, 1.807) is 10.6 Å². The Hall–Kier alpha value is -2.60. The highest BCUT2D eigenvalue weighted by atomic mass is 32.2. The lowest BCUT2D eigenvalue weighted by Crippen LogP contribution is -2.26. The van der Waals surface area contributed by atoms with Gasteiger partial charge >= 0.3 is 0 Å². The first-order chi connectivity index (χ1) is 12.9. The number of para-hydroxylation sites is 1. The minimum atomic E-state index is -0.392. The average molecular weight is 382 g/mol. The number of rotatable bonds is 5. The highest BCUT2D eigenvalue weighted by Crippen LogP contribution is 2.24. The van der Waals surface area contributed by atoms with E-state index in [1.165, 1.54) is 11.8 Å². The van der Waals surface area contributed by atoms with Crippen LogP contribution in [0.3, 0.4) is 0 Å². The van der Waals surface area contributed by atoms with Crippen LogP contribution in [0.2, 0.25) is 0 Å². The van der Waals surface area contributed by atoms with Gasteiger partial charge in [-0.1, -0.05) is 41.6 Å². The highest BCUT2D eigenvalue weighted by molar-refractivity contribution is 8.00. The molecule has 0 aliphatic heterocycles. The summed E-state index contributed by atoms with van der Waals surface area (Å²) in [7, 11) is 0. The van der Waals surface area contributed by atoms with Crippen LogP contribution < -0.4 is 10.9 Å². The number of benzene rings is 2. The lowest BCUT2D eigenvalue weighted by Gasteiger charge is -2.16. The average Bonchev–Trinajstić information content (AvgIpc) is 2.64. The maximum absolute atomic E-state index is 12.7. The molecule has 3 rings (SSSR count). The van der Waals surface area contributed by atoms with Gasteiger partial charge in [0.2, 0.25) is 5.91 Å². The summed E-state index contributed by atoms with van der Waals surface area (Å²) >= 11 is 1.30. The summed E-state index contributed by atoms with van der Waals surface area (Å²) in [4.78, 5) is 30.0. The molecular formula is C21H23N3O2S. The molecule has 0 aliphatic carbocycles. The molecule has 0 saturated heterocycles.